The molecule has 0 heterocycles. The lowest BCUT2D eigenvalue weighted by molar-refractivity contribution is -0.141. The molecular formula is C28H30Cl2N2O2. The zero-order valence-electron chi connectivity index (χ0n) is 19.5. The standard InChI is InChI=1S/C28H30Cl2N2O2/c1-3-20(2)31-28(34)26(17-21-10-5-4-6-11-21)32(19-22-12-9-14-24(29)16-22)27(33)18-23-13-7-8-15-25(23)30/h4-16,20,26H,3,17-19H2,1-2H3,(H,31,34)/t20-,26+/m0/s1. The van der Waals surface area contributed by atoms with Crippen molar-refractivity contribution in [3.8, 4) is 0 Å². The van der Waals surface area contributed by atoms with Crippen LogP contribution in [-0.4, -0.2) is 28.8 Å². The molecule has 1 N–H and O–H groups in total. The number of carbonyl (C=O) groups excluding carboxylic acids is 2. The molecule has 0 spiro atoms. The minimum Gasteiger partial charge on any atom is -0.352 e. The minimum absolute atomic E-state index is 0.00235. The first-order valence-corrected chi connectivity index (χ1v) is 12.2. The molecule has 0 aromatic heterocycles. The maximum atomic E-state index is 13.7. The fraction of sp³-hybridized carbons (Fsp3) is 0.286. The number of nitrogens with one attached hydrogen (secondary N) is 1. The lowest BCUT2D eigenvalue weighted by atomic mass is 10.0. The molecule has 0 bridgehead atoms. The van der Waals surface area contributed by atoms with Gasteiger partial charge in [-0.2, -0.15) is 0 Å². The van der Waals surface area contributed by atoms with Crippen LogP contribution in [0, 0.1) is 0 Å². The molecule has 2 atom stereocenters. The summed E-state index contributed by atoms with van der Waals surface area (Å²) in [6, 6.07) is 23.7. The quantitative estimate of drug-likeness (QED) is 0.369. The van der Waals surface area contributed by atoms with Crippen molar-refractivity contribution in [2.45, 2.75) is 51.7 Å². The van der Waals surface area contributed by atoms with E-state index in [1.165, 1.54) is 0 Å². The van der Waals surface area contributed by atoms with E-state index < -0.39 is 6.04 Å². The SMILES string of the molecule is CC[C@H](C)NC(=O)[C@@H](Cc1ccccc1)N(Cc1cccc(Cl)c1)C(=O)Cc1ccccc1Cl. The topological polar surface area (TPSA) is 49.4 Å². The van der Waals surface area contributed by atoms with Gasteiger partial charge in [0.15, 0.2) is 0 Å². The van der Waals surface area contributed by atoms with Crippen LogP contribution in [0.2, 0.25) is 10.0 Å². The van der Waals surface area contributed by atoms with Crippen LogP contribution in [-0.2, 0) is 29.0 Å². The van der Waals surface area contributed by atoms with Crippen LogP contribution in [0.15, 0.2) is 78.9 Å². The first-order valence-electron chi connectivity index (χ1n) is 11.5. The Hall–Kier alpha value is -2.82. The second kappa shape index (κ2) is 12.6. The largest absolute Gasteiger partial charge is 0.352 e. The lowest BCUT2D eigenvalue weighted by Crippen LogP contribution is -2.52. The third kappa shape index (κ3) is 7.34. The average molecular weight is 497 g/mol. The highest BCUT2D eigenvalue weighted by atomic mass is 35.5. The summed E-state index contributed by atoms with van der Waals surface area (Å²) in [5.74, 6) is -0.346. The van der Waals surface area contributed by atoms with Gasteiger partial charge >= 0.3 is 0 Å². The van der Waals surface area contributed by atoms with E-state index in [4.69, 9.17) is 23.2 Å². The fourth-order valence-corrected chi connectivity index (χ4v) is 4.15. The molecule has 2 amide bonds. The van der Waals surface area contributed by atoms with Crippen molar-refractivity contribution in [2.75, 3.05) is 0 Å². The van der Waals surface area contributed by atoms with Crippen molar-refractivity contribution >= 4 is 35.0 Å². The summed E-state index contributed by atoms with van der Waals surface area (Å²) in [5, 5.41) is 4.19. The number of hydrogen-bond donors (Lipinski definition) is 1. The van der Waals surface area contributed by atoms with Gasteiger partial charge < -0.3 is 10.2 Å². The highest BCUT2D eigenvalue weighted by molar-refractivity contribution is 6.31. The van der Waals surface area contributed by atoms with Gasteiger partial charge in [0, 0.05) is 29.1 Å². The van der Waals surface area contributed by atoms with E-state index in [2.05, 4.69) is 5.32 Å². The van der Waals surface area contributed by atoms with Crippen LogP contribution >= 0.6 is 23.2 Å². The van der Waals surface area contributed by atoms with Gasteiger partial charge in [0.1, 0.15) is 6.04 Å². The summed E-state index contributed by atoms with van der Waals surface area (Å²) in [4.78, 5) is 28.8. The number of carbonyl (C=O) groups is 2. The summed E-state index contributed by atoms with van der Waals surface area (Å²) in [6.07, 6.45) is 1.30. The van der Waals surface area contributed by atoms with Gasteiger partial charge in [0.05, 0.1) is 6.42 Å². The Morgan fingerprint density at radius 3 is 2.26 bits per heavy atom. The highest BCUT2D eigenvalue weighted by Gasteiger charge is 2.31. The molecule has 6 heteroatoms. The molecule has 0 aliphatic heterocycles. The molecular weight excluding hydrogens is 467 g/mol. The monoisotopic (exact) mass is 496 g/mol. The van der Waals surface area contributed by atoms with Gasteiger partial charge in [0.2, 0.25) is 11.8 Å². The molecule has 0 radical (unpaired) electrons. The average Bonchev–Trinajstić information content (AvgIpc) is 2.83. The molecule has 178 valence electrons. The predicted octanol–water partition coefficient (Wildman–Crippen LogP) is 6.09. The van der Waals surface area contributed by atoms with Crippen molar-refractivity contribution in [3.05, 3.63) is 106 Å². The first-order chi connectivity index (χ1) is 16.4. The van der Waals surface area contributed by atoms with E-state index in [9.17, 15) is 9.59 Å². The van der Waals surface area contributed by atoms with Gasteiger partial charge in [-0.05, 0) is 48.2 Å². The molecule has 0 aliphatic rings. The molecule has 3 aromatic rings. The van der Waals surface area contributed by atoms with Crippen LogP contribution in [0.25, 0.3) is 0 Å². The normalized spacial score (nSPS) is 12.6. The number of halogens is 2. The summed E-state index contributed by atoms with van der Waals surface area (Å²) < 4.78 is 0. The van der Waals surface area contributed by atoms with Crippen molar-refractivity contribution in [2.24, 2.45) is 0 Å². The zero-order valence-corrected chi connectivity index (χ0v) is 21.0. The number of rotatable bonds is 10. The molecule has 0 saturated heterocycles. The Morgan fingerprint density at radius 1 is 0.912 bits per heavy atom. The van der Waals surface area contributed by atoms with Gasteiger partial charge in [-0.3, -0.25) is 9.59 Å². The van der Waals surface area contributed by atoms with Gasteiger partial charge in [0.25, 0.3) is 0 Å². The Kier molecular flexibility index (Phi) is 9.55. The number of benzene rings is 3. The summed E-state index contributed by atoms with van der Waals surface area (Å²) >= 11 is 12.6. The van der Waals surface area contributed by atoms with Crippen molar-refractivity contribution in [3.63, 3.8) is 0 Å². The van der Waals surface area contributed by atoms with Crippen molar-refractivity contribution < 1.29 is 9.59 Å². The molecule has 0 saturated carbocycles. The molecule has 4 nitrogen and oxygen atoms in total. The van der Waals surface area contributed by atoms with Crippen LogP contribution in [0.5, 0.6) is 0 Å². The van der Waals surface area contributed by atoms with E-state index >= 15 is 0 Å². The van der Waals surface area contributed by atoms with Crippen molar-refractivity contribution in [1.29, 1.82) is 0 Å². The zero-order chi connectivity index (χ0) is 24.5. The number of hydrogen-bond acceptors (Lipinski definition) is 2. The minimum atomic E-state index is -0.689. The Morgan fingerprint density at radius 2 is 1.59 bits per heavy atom. The lowest BCUT2D eigenvalue weighted by Gasteiger charge is -2.32. The van der Waals surface area contributed by atoms with E-state index in [1.54, 1.807) is 17.0 Å². The second-order valence-electron chi connectivity index (χ2n) is 8.44. The molecule has 0 unspecified atom stereocenters. The van der Waals surface area contributed by atoms with Gasteiger partial charge in [-0.15, -0.1) is 0 Å². The summed E-state index contributed by atoms with van der Waals surface area (Å²) in [7, 11) is 0. The molecule has 0 fully saturated rings. The molecule has 34 heavy (non-hydrogen) atoms. The van der Waals surface area contributed by atoms with Crippen LogP contribution in [0.4, 0.5) is 0 Å². The molecule has 3 aromatic carbocycles. The second-order valence-corrected chi connectivity index (χ2v) is 9.29. The Labute approximate surface area is 211 Å². The maximum absolute atomic E-state index is 13.7. The number of amides is 2. The fourth-order valence-electron chi connectivity index (χ4n) is 3.73. The molecule has 3 rings (SSSR count). The smallest absolute Gasteiger partial charge is 0.243 e. The summed E-state index contributed by atoms with van der Waals surface area (Å²) in [5.41, 5.74) is 2.56. The molecule has 0 aliphatic carbocycles. The van der Waals surface area contributed by atoms with Crippen molar-refractivity contribution in [1.82, 2.24) is 10.2 Å². The Balaban J connectivity index is 1.98. The van der Waals surface area contributed by atoms with Gasteiger partial charge in [-0.1, -0.05) is 90.8 Å². The van der Waals surface area contributed by atoms with Crippen LogP contribution in [0.3, 0.4) is 0 Å². The van der Waals surface area contributed by atoms with Crippen LogP contribution in [0.1, 0.15) is 37.0 Å². The summed E-state index contributed by atoms with van der Waals surface area (Å²) in [6.45, 7) is 4.24. The third-order valence-corrected chi connectivity index (χ3v) is 6.42. The maximum Gasteiger partial charge on any atom is 0.243 e. The highest BCUT2D eigenvalue weighted by Crippen LogP contribution is 2.21. The number of nitrogens with zero attached hydrogens (tertiary/aromatic N) is 1. The van der Waals surface area contributed by atoms with E-state index in [1.807, 2.05) is 80.6 Å². The van der Waals surface area contributed by atoms with Crippen LogP contribution < -0.4 is 5.32 Å². The Bertz CT molecular complexity index is 1100. The van der Waals surface area contributed by atoms with Gasteiger partial charge in [-0.25, -0.2) is 0 Å². The first kappa shape index (κ1) is 25.8. The predicted molar refractivity (Wildman–Crippen MR) is 139 cm³/mol. The van der Waals surface area contributed by atoms with E-state index in [0.717, 1.165) is 23.1 Å². The van der Waals surface area contributed by atoms with E-state index in [0.29, 0.717) is 16.5 Å². The third-order valence-electron chi connectivity index (χ3n) is 5.81. The van der Waals surface area contributed by atoms with E-state index in [-0.39, 0.29) is 30.8 Å².